The zero-order chi connectivity index (χ0) is 14.4. The SMILES string of the molecule is CCOC(=O)C(N)CCN(C)c1ccc(C)cc1C. The van der Waals surface area contributed by atoms with Crippen LogP contribution in [0.3, 0.4) is 0 Å². The van der Waals surface area contributed by atoms with Gasteiger partial charge in [0.1, 0.15) is 6.04 Å². The lowest BCUT2D eigenvalue weighted by molar-refractivity contribution is -0.144. The molecule has 0 heterocycles. The van der Waals surface area contributed by atoms with Crippen molar-refractivity contribution in [3.63, 3.8) is 0 Å². The van der Waals surface area contributed by atoms with Crippen molar-refractivity contribution in [1.29, 1.82) is 0 Å². The quantitative estimate of drug-likeness (QED) is 0.799. The Balaban J connectivity index is 2.55. The van der Waals surface area contributed by atoms with Crippen molar-refractivity contribution in [1.82, 2.24) is 0 Å². The fourth-order valence-corrected chi connectivity index (χ4v) is 2.05. The van der Waals surface area contributed by atoms with Gasteiger partial charge in [-0.3, -0.25) is 4.79 Å². The maximum absolute atomic E-state index is 11.4. The van der Waals surface area contributed by atoms with Crippen LogP contribution in [0.25, 0.3) is 0 Å². The van der Waals surface area contributed by atoms with Crippen molar-refractivity contribution in [3.8, 4) is 0 Å². The maximum Gasteiger partial charge on any atom is 0.322 e. The third kappa shape index (κ3) is 4.56. The summed E-state index contributed by atoms with van der Waals surface area (Å²) in [6.45, 7) is 7.05. The van der Waals surface area contributed by atoms with Gasteiger partial charge in [0, 0.05) is 19.3 Å². The molecule has 0 fully saturated rings. The number of hydrogen-bond acceptors (Lipinski definition) is 4. The van der Waals surface area contributed by atoms with Gasteiger partial charge >= 0.3 is 5.97 Å². The van der Waals surface area contributed by atoms with Gasteiger partial charge in [-0.25, -0.2) is 0 Å². The molecule has 106 valence electrons. The van der Waals surface area contributed by atoms with Crippen molar-refractivity contribution in [2.24, 2.45) is 5.73 Å². The third-order valence-electron chi connectivity index (χ3n) is 3.13. The molecule has 2 N–H and O–H groups in total. The van der Waals surface area contributed by atoms with E-state index in [-0.39, 0.29) is 5.97 Å². The van der Waals surface area contributed by atoms with Crippen molar-refractivity contribution in [3.05, 3.63) is 29.3 Å². The second-order valence-electron chi connectivity index (χ2n) is 4.86. The summed E-state index contributed by atoms with van der Waals surface area (Å²) in [5, 5.41) is 0. The molecule has 4 heteroatoms. The van der Waals surface area contributed by atoms with Crippen LogP contribution < -0.4 is 10.6 Å². The van der Waals surface area contributed by atoms with Crippen LogP contribution in [0.5, 0.6) is 0 Å². The Morgan fingerprint density at radius 1 is 1.42 bits per heavy atom. The Morgan fingerprint density at radius 3 is 2.68 bits per heavy atom. The number of nitrogens with zero attached hydrogens (tertiary/aromatic N) is 1. The fraction of sp³-hybridized carbons (Fsp3) is 0.533. The number of aryl methyl sites for hydroxylation is 2. The molecule has 0 aliphatic carbocycles. The molecule has 0 bridgehead atoms. The molecule has 1 aromatic carbocycles. The molecule has 1 atom stereocenters. The third-order valence-corrected chi connectivity index (χ3v) is 3.13. The molecule has 0 saturated heterocycles. The topological polar surface area (TPSA) is 55.6 Å². The number of rotatable bonds is 6. The average molecular weight is 264 g/mol. The molecule has 0 aliphatic heterocycles. The molecule has 19 heavy (non-hydrogen) atoms. The van der Waals surface area contributed by atoms with Crippen LogP contribution in [0.1, 0.15) is 24.5 Å². The van der Waals surface area contributed by atoms with Crippen LogP contribution in [0.15, 0.2) is 18.2 Å². The second kappa shape index (κ2) is 7.14. The molecule has 0 aliphatic rings. The summed E-state index contributed by atoms with van der Waals surface area (Å²) in [5.41, 5.74) is 9.44. The van der Waals surface area contributed by atoms with E-state index in [2.05, 4.69) is 36.9 Å². The summed E-state index contributed by atoms with van der Waals surface area (Å²) in [7, 11) is 2.01. The molecule has 0 aromatic heterocycles. The first-order chi connectivity index (χ1) is 8.95. The predicted molar refractivity (Wildman–Crippen MR) is 78.4 cm³/mol. The number of nitrogens with two attached hydrogens (primary N) is 1. The Kier molecular flexibility index (Phi) is 5.83. The van der Waals surface area contributed by atoms with Gasteiger partial charge in [0.2, 0.25) is 0 Å². The van der Waals surface area contributed by atoms with Gasteiger partial charge in [-0.2, -0.15) is 0 Å². The fourth-order valence-electron chi connectivity index (χ4n) is 2.05. The second-order valence-corrected chi connectivity index (χ2v) is 4.86. The van der Waals surface area contributed by atoms with Crippen LogP contribution in [-0.4, -0.2) is 32.2 Å². The van der Waals surface area contributed by atoms with E-state index in [4.69, 9.17) is 10.5 Å². The first kappa shape index (κ1) is 15.5. The summed E-state index contributed by atoms with van der Waals surface area (Å²) in [4.78, 5) is 13.6. The Labute approximate surface area is 115 Å². The van der Waals surface area contributed by atoms with E-state index in [0.29, 0.717) is 13.0 Å². The highest BCUT2D eigenvalue weighted by Crippen LogP contribution is 2.20. The van der Waals surface area contributed by atoms with Gasteiger partial charge in [-0.05, 0) is 38.8 Å². The molecule has 1 rings (SSSR count). The van der Waals surface area contributed by atoms with Crippen LogP contribution in [0, 0.1) is 13.8 Å². The van der Waals surface area contributed by atoms with Crippen LogP contribution in [-0.2, 0) is 9.53 Å². The molecule has 0 amide bonds. The number of benzene rings is 1. The summed E-state index contributed by atoms with van der Waals surface area (Å²) in [6.07, 6.45) is 0.586. The minimum Gasteiger partial charge on any atom is -0.465 e. The zero-order valence-electron chi connectivity index (χ0n) is 12.3. The highest BCUT2D eigenvalue weighted by molar-refractivity contribution is 5.75. The van der Waals surface area contributed by atoms with Gasteiger partial charge in [0.05, 0.1) is 6.61 Å². The summed E-state index contributed by atoms with van der Waals surface area (Å²) in [6, 6.07) is 5.79. The number of carbonyl (C=O) groups excluding carboxylic acids is 1. The van der Waals surface area contributed by atoms with Gasteiger partial charge in [0.15, 0.2) is 0 Å². The van der Waals surface area contributed by atoms with E-state index < -0.39 is 6.04 Å². The van der Waals surface area contributed by atoms with Crippen molar-refractivity contribution < 1.29 is 9.53 Å². The lowest BCUT2D eigenvalue weighted by Gasteiger charge is -2.23. The minimum atomic E-state index is -0.548. The van der Waals surface area contributed by atoms with E-state index in [9.17, 15) is 4.79 Å². The van der Waals surface area contributed by atoms with E-state index >= 15 is 0 Å². The highest BCUT2D eigenvalue weighted by atomic mass is 16.5. The monoisotopic (exact) mass is 264 g/mol. The van der Waals surface area contributed by atoms with Crippen molar-refractivity contribution in [2.75, 3.05) is 25.1 Å². The number of esters is 1. The van der Waals surface area contributed by atoms with Gasteiger partial charge in [0.25, 0.3) is 0 Å². The van der Waals surface area contributed by atoms with Crippen LogP contribution >= 0.6 is 0 Å². The Bertz CT molecular complexity index is 432. The van der Waals surface area contributed by atoms with Crippen molar-refractivity contribution in [2.45, 2.75) is 33.2 Å². The standard InChI is InChI=1S/C15H24N2O2/c1-5-19-15(18)13(16)8-9-17(4)14-7-6-11(2)10-12(14)3/h6-7,10,13H,5,8-9,16H2,1-4H3. The molecule has 0 radical (unpaired) electrons. The Hall–Kier alpha value is -1.55. The van der Waals surface area contributed by atoms with E-state index in [1.807, 2.05) is 7.05 Å². The highest BCUT2D eigenvalue weighted by Gasteiger charge is 2.15. The smallest absolute Gasteiger partial charge is 0.322 e. The number of anilines is 1. The zero-order valence-corrected chi connectivity index (χ0v) is 12.3. The average Bonchev–Trinajstić information content (AvgIpc) is 2.35. The molecule has 1 aromatic rings. The predicted octanol–water partition coefficient (Wildman–Crippen LogP) is 2.02. The van der Waals surface area contributed by atoms with Gasteiger partial charge < -0.3 is 15.4 Å². The van der Waals surface area contributed by atoms with Crippen LogP contribution in [0.2, 0.25) is 0 Å². The molecule has 1 unspecified atom stereocenters. The summed E-state index contributed by atoms with van der Waals surface area (Å²) in [5.74, 6) is -0.323. The molecular formula is C15H24N2O2. The number of ether oxygens (including phenoxy) is 1. The van der Waals surface area contributed by atoms with E-state index in [1.54, 1.807) is 6.92 Å². The van der Waals surface area contributed by atoms with Crippen LogP contribution in [0.4, 0.5) is 5.69 Å². The number of hydrogen-bond donors (Lipinski definition) is 1. The largest absolute Gasteiger partial charge is 0.465 e. The lowest BCUT2D eigenvalue weighted by Crippen LogP contribution is -2.36. The molecular weight excluding hydrogens is 240 g/mol. The number of carbonyl (C=O) groups is 1. The minimum absolute atomic E-state index is 0.323. The molecule has 0 saturated carbocycles. The van der Waals surface area contributed by atoms with Gasteiger partial charge in [-0.15, -0.1) is 0 Å². The van der Waals surface area contributed by atoms with E-state index in [1.165, 1.54) is 16.8 Å². The van der Waals surface area contributed by atoms with Gasteiger partial charge in [-0.1, -0.05) is 17.7 Å². The normalized spacial score (nSPS) is 12.1. The van der Waals surface area contributed by atoms with Crippen molar-refractivity contribution >= 4 is 11.7 Å². The molecule has 0 spiro atoms. The summed E-state index contributed by atoms with van der Waals surface area (Å²) < 4.78 is 4.90. The first-order valence-electron chi connectivity index (χ1n) is 6.66. The lowest BCUT2D eigenvalue weighted by atomic mass is 10.1. The van der Waals surface area contributed by atoms with E-state index in [0.717, 1.165) is 6.54 Å². The molecule has 4 nitrogen and oxygen atoms in total. The Morgan fingerprint density at radius 2 is 2.11 bits per heavy atom. The summed E-state index contributed by atoms with van der Waals surface area (Å²) >= 11 is 0. The first-order valence-corrected chi connectivity index (χ1v) is 6.66. The maximum atomic E-state index is 11.4.